The molecular formula is C15H19NOS. The first kappa shape index (κ1) is 12.2. The van der Waals surface area contributed by atoms with Gasteiger partial charge >= 0.3 is 0 Å². The molecule has 0 radical (unpaired) electrons. The number of thioether (sulfide) groups is 1. The van der Waals surface area contributed by atoms with Gasteiger partial charge in [-0.3, -0.25) is 4.79 Å². The fourth-order valence-electron chi connectivity index (χ4n) is 2.84. The number of hydrogen-bond donors (Lipinski definition) is 1. The van der Waals surface area contributed by atoms with Crippen molar-refractivity contribution in [2.24, 2.45) is 0 Å². The van der Waals surface area contributed by atoms with Gasteiger partial charge in [0.05, 0.1) is 0 Å². The second-order valence-corrected chi connectivity index (χ2v) is 6.34. The quantitative estimate of drug-likeness (QED) is 0.847. The van der Waals surface area contributed by atoms with Crippen LogP contribution in [0.1, 0.15) is 34.3 Å². The Balaban J connectivity index is 1.68. The third-order valence-corrected chi connectivity index (χ3v) is 4.98. The second-order valence-electron chi connectivity index (χ2n) is 5.19. The average molecular weight is 261 g/mol. The van der Waals surface area contributed by atoms with Gasteiger partial charge in [0, 0.05) is 36.1 Å². The van der Waals surface area contributed by atoms with Crippen LogP contribution in [0.15, 0.2) is 18.2 Å². The largest absolute Gasteiger partial charge is 0.312 e. The smallest absolute Gasteiger partial charge is 0.164 e. The average Bonchev–Trinajstić information content (AvgIpc) is 2.87. The molecule has 1 N–H and O–H groups in total. The topological polar surface area (TPSA) is 29.1 Å². The number of hydrogen-bond acceptors (Lipinski definition) is 3. The summed E-state index contributed by atoms with van der Waals surface area (Å²) in [7, 11) is 0. The lowest BCUT2D eigenvalue weighted by molar-refractivity contribution is 0.0972. The van der Waals surface area contributed by atoms with Crippen molar-refractivity contribution in [1.29, 1.82) is 0 Å². The van der Waals surface area contributed by atoms with Gasteiger partial charge in [-0.05, 0) is 36.5 Å². The lowest BCUT2D eigenvalue weighted by Gasteiger charge is -2.22. The molecule has 1 aliphatic carbocycles. The fourth-order valence-corrected chi connectivity index (χ4v) is 3.79. The standard InChI is InChI=1S/C15H19NOS/c17-15(9-14-10-18-7-6-16-14)13-5-4-11-2-1-3-12(11)8-13/h4-5,8,14,16H,1-3,6-7,9-10H2. The number of rotatable bonds is 3. The van der Waals surface area contributed by atoms with Gasteiger partial charge < -0.3 is 5.32 Å². The van der Waals surface area contributed by atoms with Gasteiger partial charge in [0.1, 0.15) is 0 Å². The Morgan fingerprint density at radius 3 is 3.06 bits per heavy atom. The molecule has 3 rings (SSSR count). The Labute approximate surface area is 113 Å². The molecule has 18 heavy (non-hydrogen) atoms. The summed E-state index contributed by atoms with van der Waals surface area (Å²) >= 11 is 1.95. The lowest BCUT2D eigenvalue weighted by Crippen LogP contribution is -2.38. The van der Waals surface area contributed by atoms with Crippen molar-refractivity contribution in [3.05, 3.63) is 34.9 Å². The highest BCUT2D eigenvalue weighted by atomic mass is 32.2. The van der Waals surface area contributed by atoms with Crippen LogP contribution >= 0.6 is 11.8 Å². The first-order valence-corrected chi connectivity index (χ1v) is 7.94. The summed E-state index contributed by atoms with van der Waals surface area (Å²) in [4.78, 5) is 12.3. The molecule has 2 aliphatic rings. The van der Waals surface area contributed by atoms with Crippen molar-refractivity contribution in [3.8, 4) is 0 Å². The molecule has 1 unspecified atom stereocenters. The van der Waals surface area contributed by atoms with Gasteiger partial charge in [-0.25, -0.2) is 0 Å². The van der Waals surface area contributed by atoms with E-state index >= 15 is 0 Å². The molecular weight excluding hydrogens is 242 g/mol. The van der Waals surface area contributed by atoms with E-state index in [0.717, 1.165) is 24.3 Å². The number of Topliss-reactive ketones (excluding diaryl/α,β-unsaturated/α-hetero) is 1. The van der Waals surface area contributed by atoms with E-state index < -0.39 is 0 Å². The zero-order valence-electron chi connectivity index (χ0n) is 10.6. The molecule has 3 heteroatoms. The molecule has 0 saturated carbocycles. The van der Waals surface area contributed by atoms with Crippen molar-refractivity contribution >= 4 is 17.5 Å². The highest BCUT2D eigenvalue weighted by Gasteiger charge is 2.19. The predicted molar refractivity (Wildman–Crippen MR) is 76.5 cm³/mol. The SMILES string of the molecule is O=C(CC1CSCCN1)c1ccc2c(c1)CCC2. The Kier molecular flexibility index (Phi) is 3.71. The van der Waals surface area contributed by atoms with Gasteiger partial charge in [-0.15, -0.1) is 0 Å². The molecule has 1 fully saturated rings. The van der Waals surface area contributed by atoms with E-state index in [-0.39, 0.29) is 0 Å². The molecule has 0 spiro atoms. The highest BCUT2D eigenvalue weighted by molar-refractivity contribution is 7.99. The molecule has 1 atom stereocenters. The molecule has 1 aromatic carbocycles. The summed E-state index contributed by atoms with van der Waals surface area (Å²) < 4.78 is 0. The van der Waals surface area contributed by atoms with Crippen LogP contribution in [0.5, 0.6) is 0 Å². The zero-order valence-corrected chi connectivity index (χ0v) is 11.4. The zero-order chi connectivity index (χ0) is 12.4. The highest BCUT2D eigenvalue weighted by Crippen LogP contribution is 2.23. The summed E-state index contributed by atoms with van der Waals surface area (Å²) in [6.45, 7) is 1.03. The van der Waals surface area contributed by atoms with Gasteiger partial charge in [0.15, 0.2) is 5.78 Å². The van der Waals surface area contributed by atoms with Crippen LogP contribution < -0.4 is 5.32 Å². The molecule has 0 amide bonds. The van der Waals surface area contributed by atoms with Crippen molar-refractivity contribution in [3.63, 3.8) is 0 Å². The normalized spacial score (nSPS) is 22.8. The van der Waals surface area contributed by atoms with E-state index in [0.29, 0.717) is 18.2 Å². The number of carbonyl (C=O) groups excluding carboxylic acids is 1. The second kappa shape index (κ2) is 5.45. The van der Waals surface area contributed by atoms with E-state index in [4.69, 9.17) is 0 Å². The Morgan fingerprint density at radius 1 is 1.33 bits per heavy atom. The molecule has 0 aromatic heterocycles. The summed E-state index contributed by atoms with van der Waals surface area (Å²) in [5.74, 6) is 2.53. The number of benzene rings is 1. The van der Waals surface area contributed by atoms with Gasteiger partial charge in [-0.1, -0.05) is 12.1 Å². The summed E-state index contributed by atoms with van der Waals surface area (Å²) in [5, 5.41) is 3.43. The lowest BCUT2D eigenvalue weighted by atomic mass is 10.00. The maximum atomic E-state index is 12.3. The molecule has 1 heterocycles. The summed E-state index contributed by atoms with van der Waals surface area (Å²) in [6, 6.07) is 6.66. The Hall–Kier alpha value is -0.800. The third-order valence-electron chi connectivity index (χ3n) is 3.85. The minimum absolute atomic E-state index is 0.296. The van der Waals surface area contributed by atoms with Crippen molar-refractivity contribution < 1.29 is 4.79 Å². The van der Waals surface area contributed by atoms with E-state index in [9.17, 15) is 4.79 Å². The van der Waals surface area contributed by atoms with E-state index in [1.807, 2.05) is 17.8 Å². The van der Waals surface area contributed by atoms with Gasteiger partial charge in [0.2, 0.25) is 0 Å². The summed E-state index contributed by atoms with van der Waals surface area (Å²) in [5.41, 5.74) is 3.75. The predicted octanol–water partition coefficient (Wildman–Crippen LogP) is 2.45. The fraction of sp³-hybridized carbons (Fsp3) is 0.533. The van der Waals surface area contributed by atoms with Crippen molar-refractivity contribution in [2.45, 2.75) is 31.7 Å². The number of fused-ring (bicyclic) bond motifs is 1. The molecule has 1 aliphatic heterocycles. The van der Waals surface area contributed by atoms with Crippen LogP contribution in [0.4, 0.5) is 0 Å². The molecule has 0 bridgehead atoms. The number of carbonyl (C=O) groups is 1. The first-order valence-electron chi connectivity index (χ1n) is 6.79. The maximum absolute atomic E-state index is 12.3. The van der Waals surface area contributed by atoms with Crippen LogP contribution in [-0.4, -0.2) is 29.9 Å². The van der Waals surface area contributed by atoms with Gasteiger partial charge in [-0.2, -0.15) is 11.8 Å². The van der Waals surface area contributed by atoms with E-state index in [1.54, 1.807) is 0 Å². The van der Waals surface area contributed by atoms with Crippen LogP contribution in [0.3, 0.4) is 0 Å². The number of ketones is 1. The molecule has 96 valence electrons. The van der Waals surface area contributed by atoms with Crippen LogP contribution in [0, 0.1) is 0 Å². The molecule has 1 aromatic rings. The van der Waals surface area contributed by atoms with Crippen LogP contribution in [0.2, 0.25) is 0 Å². The Bertz CT molecular complexity index is 452. The minimum Gasteiger partial charge on any atom is -0.312 e. The maximum Gasteiger partial charge on any atom is 0.164 e. The minimum atomic E-state index is 0.296. The number of aryl methyl sites for hydroxylation is 2. The summed E-state index contributed by atoms with van der Waals surface area (Å²) in [6.07, 6.45) is 4.22. The molecule has 1 saturated heterocycles. The monoisotopic (exact) mass is 261 g/mol. The number of nitrogens with one attached hydrogen (secondary N) is 1. The van der Waals surface area contributed by atoms with Gasteiger partial charge in [0.25, 0.3) is 0 Å². The van der Waals surface area contributed by atoms with Crippen LogP contribution in [-0.2, 0) is 12.8 Å². The first-order chi connectivity index (χ1) is 8.83. The third kappa shape index (κ3) is 2.62. The van der Waals surface area contributed by atoms with Crippen molar-refractivity contribution in [1.82, 2.24) is 5.32 Å². The van der Waals surface area contributed by atoms with E-state index in [2.05, 4.69) is 17.4 Å². The molecule has 2 nitrogen and oxygen atoms in total. The van der Waals surface area contributed by atoms with Crippen LogP contribution in [0.25, 0.3) is 0 Å². The Morgan fingerprint density at radius 2 is 2.22 bits per heavy atom. The van der Waals surface area contributed by atoms with E-state index in [1.165, 1.54) is 29.7 Å². The van der Waals surface area contributed by atoms with Crippen molar-refractivity contribution in [2.75, 3.05) is 18.1 Å².